The molecule has 1 aromatic carbocycles. The SMILES string of the molecule is COc1ccc(C(=O)NCc2nc(-c3ccncc3)n[nH]2)c(O)c1. The summed E-state index contributed by atoms with van der Waals surface area (Å²) < 4.78 is 4.98. The van der Waals surface area contributed by atoms with Crippen molar-refractivity contribution in [2.45, 2.75) is 6.54 Å². The molecular weight excluding hydrogens is 310 g/mol. The van der Waals surface area contributed by atoms with E-state index in [1.165, 1.54) is 19.2 Å². The number of amides is 1. The lowest BCUT2D eigenvalue weighted by atomic mass is 10.2. The van der Waals surface area contributed by atoms with Gasteiger partial charge in [-0.1, -0.05) is 0 Å². The van der Waals surface area contributed by atoms with E-state index in [1.54, 1.807) is 30.6 Å². The number of ether oxygens (including phenoxy) is 1. The lowest BCUT2D eigenvalue weighted by molar-refractivity contribution is 0.0947. The second-order valence-corrected chi connectivity index (χ2v) is 4.91. The maximum atomic E-state index is 12.1. The third-order valence-corrected chi connectivity index (χ3v) is 3.34. The summed E-state index contributed by atoms with van der Waals surface area (Å²) in [6, 6.07) is 8.06. The molecule has 8 heteroatoms. The van der Waals surface area contributed by atoms with E-state index < -0.39 is 5.91 Å². The van der Waals surface area contributed by atoms with E-state index in [0.717, 1.165) is 5.56 Å². The molecule has 0 aliphatic rings. The van der Waals surface area contributed by atoms with E-state index >= 15 is 0 Å². The molecule has 0 unspecified atom stereocenters. The van der Waals surface area contributed by atoms with Gasteiger partial charge in [-0.15, -0.1) is 0 Å². The second-order valence-electron chi connectivity index (χ2n) is 4.91. The van der Waals surface area contributed by atoms with Crippen molar-refractivity contribution in [1.29, 1.82) is 0 Å². The van der Waals surface area contributed by atoms with Crippen LogP contribution in [-0.2, 0) is 6.54 Å². The number of carbonyl (C=O) groups excluding carboxylic acids is 1. The molecule has 3 rings (SSSR count). The van der Waals surface area contributed by atoms with Gasteiger partial charge in [0, 0.05) is 24.0 Å². The van der Waals surface area contributed by atoms with Crippen LogP contribution in [0.5, 0.6) is 11.5 Å². The van der Waals surface area contributed by atoms with Crippen LogP contribution >= 0.6 is 0 Å². The van der Waals surface area contributed by atoms with Gasteiger partial charge in [0.05, 0.1) is 19.2 Å². The normalized spacial score (nSPS) is 10.4. The molecule has 0 aliphatic heterocycles. The van der Waals surface area contributed by atoms with Crippen molar-refractivity contribution in [3.63, 3.8) is 0 Å². The number of hydrogen-bond donors (Lipinski definition) is 3. The van der Waals surface area contributed by atoms with Crippen LogP contribution < -0.4 is 10.1 Å². The Morgan fingerprint density at radius 3 is 2.79 bits per heavy atom. The first kappa shape index (κ1) is 15.5. The summed E-state index contributed by atoms with van der Waals surface area (Å²) in [7, 11) is 1.48. The molecule has 2 heterocycles. The van der Waals surface area contributed by atoms with E-state index in [-0.39, 0.29) is 17.9 Å². The molecule has 0 saturated carbocycles. The quantitative estimate of drug-likeness (QED) is 0.655. The van der Waals surface area contributed by atoms with Crippen LogP contribution in [0.1, 0.15) is 16.2 Å². The molecule has 0 saturated heterocycles. The highest BCUT2D eigenvalue weighted by molar-refractivity contribution is 5.96. The van der Waals surface area contributed by atoms with Gasteiger partial charge in [0.2, 0.25) is 0 Å². The van der Waals surface area contributed by atoms with Crippen LogP contribution in [-0.4, -0.2) is 38.3 Å². The summed E-state index contributed by atoms with van der Waals surface area (Å²) in [5.74, 6) is 0.928. The first-order chi connectivity index (χ1) is 11.7. The third-order valence-electron chi connectivity index (χ3n) is 3.34. The van der Waals surface area contributed by atoms with E-state index in [2.05, 4.69) is 25.5 Å². The monoisotopic (exact) mass is 325 g/mol. The number of aromatic amines is 1. The van der Waals surface area contributed by atoms with Crippen LogP contribution in [0.2, 0.25) is 0 Å². The fourth-order valence-corrected chi connectivity index (χ4v) is 2.09. The largest absolute Gasteiger partial charge is 0.507 e. The number of H-pyrrole nitrogens is 1. The van der Waals surface area contributed by atoms with Crippen molar-refractivity contribution in [2.24, 2.45) is 0 Å². The van der Waals surface area contributed by atoms with E-state index in [4.69, 9.17) is 4.74 Å². The molecule has 8 nitrogen and oxygen atoms in total. The highest BCUT2D eigenvalue weighted by Gasteiger charge is 2.13. The highest BCUT2D eigenvalue weighted by Crippen LogP contribution is 2.23. The Kier molecular flexibility index (Phi) is 4.37. The summed E-state index contributed by atoms with van der Waals surface area (Å²) in [6.07, 6.45) is 3.30. The number of aromatic hydroxyl groups is 1. The lowest BCUT2D eigenvalue weighted by Crippen LogP contribution is -2.23. The fourth-order valence-electron chi connectivity index (χ4n) is 2.09. The summed E-state index contributed by atoms with van der Waals surface area (Å²) in [4.78, 5) is 20.4. The molecule has 0 atom stereocenters. The van der Waals surface area contributed by atoms with Crippen molar-refractivity contribution < 1.29 is 14.6 Å². The minimum absolute atomic E-state index is 0.151. The van der Waals surface area contributed by atoms with Crippen molar-refractivity contribution in [2.75, 3.05) is 7.11 Å². The number of carbonyl (C=O) groups is 1. The molecule has 0 radical (unpaired) electrons. The van der Waals surface area contributed by atoms with E-state index in [0.29, 0.717) is 17.4 Å². The van der Waals surface area contributed by atoms with Crippen LogP contribution in [0, 0.1) is 0 Å². The Balaban J connectivity index is 1.66. The first-order valence-electron chi connectivity index (χ1n) is 7.14. The number of phenolic OH excluding ortho intramolecular Hbond substituents is 1. The molecule has 1 amide bonds. The molecule has 3 N–H and O–H groups in total. The Morgan fingerprint density at radius 1 is 1.29 bits per heavy atom. The van der Waals surface area contributed by atoms with Crippen LogP contribution in [0.15, 0.2) is 42.7 Å². The second kappa shape index (κ2) is 6.78. The van der Waals surface area contributed by atoms with Gasteiger partial charge < -0.3 is 15.2 Å². The number of rotatable bonds is 5. The number of aromatic nitrogens is 4. The van der Waals surface area contributed by atoms with Crippen molar-refractivity contribution >= 4 is 5.91 Å². The maximum absolute atomic E-state index is 12.1. The zero-order valence-corrected chi connectivity index (χ0v) is 12.9. The van der Waals surface area contributed by atoms with Crippen molar-refractivity contribution in [3.8, 4) is 22.9 Å². The molecule has 3 aromatic rings. The first-order valence-corrected chi connectivity index (χ1v) is 7.14. The molecule has 24 heavy (non-hydrogen) atoms. The summed E-state index contributed by atoms with van der Waals surface area (Å²) >= 11 is 0. The third kappa shape index (κ3) is 3.32. The van der Waals surface area contributed by atoms with E-state index in [1.807, 2.05) is 0 Å². The fraction of sp³-hybridized carbons (Fsp3) is 0.125. The predicted molar refractivity (Wildman–Crippen MR) is 85.4 cm³/mol. The topological polar surface area (TPSA) is 113 Å². The lowest BCUT2D eigenvalue weighted by Gasteiger charge is -2.07. The van der Waals surface area contributed by atoms with Gasteiger partial charge in [0.25, 0.3) is 5.91 Å². The number of pyridine rings is 1. The number of nitrogens with one attached hydrogen (secondary N) is 2. The Labute approximate surface area is 137 Å². The summed E-state index contributed by atoms with van der Waals surface area (Å²) in [5.41, 5.74) is 0.983. The van der Waals surface area contributed by atoms with Crippen molar-refractivity contribution in [1.82, 2.24) is 25.5 Å². The number of phenols is 1. The van der Waals surface area contributed by atoms with E-state index in [9.17, 15) is 9.90 Å². The zero-order chi connectivity index (χ0) is 16.9. The molecule has 0 bridgehead atoms. The van der Waals surface area contributed by atoms with Crippen LogP contribution in [0.3, 0.4) is 0 Å². The molecule has 0 fully saturated rings. The maximum Gasteiger partial charge on any atom is 0.255 e. The van der Waals surface area contributed by atoms with Gasteiger partial charge in [0.1, 0.15) is 17.3 Å². The van der Waals surface area contributed by atoms with Gasteiger partial charge in [-0.05, 0) is 24.3 Å². The number of benzene rings is 1. The zero-order valence-electron chi connectivity index (χ0n) is 12.9. The predicted octanol–water partition coefficient (Wildman–Crippen LogP) is 1.51. The minimum Gasteiger partial charge on any atom is -0.507 e. The number of nitrogens with zero attached hydrogens (tertiary/aromatic N) is 3. The van der Waals surface area contributed by atoms with Crippen LogP contribution in [0.4, 0.5) is 0 Å². The Morgan fingerprint density at radius 2 is 2.08 bits per heavy atom. The molecule has 0 aliphatic carbocycles. The molecule has 122 valence electrons. The highest BCUT2D eigenvalue weighted by atomic mass is 16.5. The summed E-state index contributed by atoms with van der Waals surface area (Å²) in [6.45, 7) is 0.155. The smallest absolute Gasteiger partial charge is 0.255 e. The van der Waals surface area contributed by atoms with Gasteiger partial charge in [-0.3, -0.25) is 14.9 Å². The number of methoxy groups -OCH3 is 1. The molecule has 2 aromatic heterocycles. The summed E-state index contributed by atoms with van der Waals surface area (Å²) in [5, 5.41) is 19.4. The minimum atomic E-state index is -0.419. The average molecular weight is 325 g/mol. The molecule has 0 spiro atoms. The average Bonchev–Trinajstić information content (AvgIpc) is 3.09. The Hall–Kier alpha value is -3.42. The van der Waals surface area contributed by atoms with Crippen molar-refractivity contribution in [3.05, 3.63) is 54.1 Å². The van der Waals surface area contributed by atoms with Gasteiger partial charge in [0.15, 0.2) is 5.82 Å². The van der Waals surface area contributed by atoms with Gasteiger partial charge in [-0.2, -0.15) is 5.10 Å². The van der Waals surface area contributed by atoms with Crippen LogP contribution in [0.25, 0.3) is 11.4 Å². The van der Waals surface area contributed by atoms with Gasteiger partial charge in [-0.25, -0.2) is 4.98 Å². The Bertz CT molecular complexity index is 848. The standard InChI is InChI=1S/C16H15N5O3/c1-24-11-2-3-12(13(22)8-11)16(23)18-9-14-19-15(21-20-14)10-4-6-17-7-5-10/h2-8,22H,9H2,1H3,(H,18,23)(H,19,20,21). The van der Waals surface area contributed by atoms with Gasteiger partial charge >= 0.3 is 0 Å². The molecular formula is C16H15N5O3. The number of hydrogen-bond acceptors (Lipinski definition) is 6.